The number of aromatic nitrogens is 4. The highest BCUT2D eigenvalue weighted by atomic mass is 79.9. The van der Waals surface area contributed by atoms with E-state index in [1.807, 2.05) is 49.4 Å². The van der Waals surface area contributed by atoms with Crippen LogP contribution in [0.3, 0.4) is 0 Å². The van der Waals surface area contributed by atoms with Gasteiger partial charge in [-0.3, -0.25) is 4.79 Å². The third kappa shape index (κ3) is 3.96. The average molecular weight is 387 g/mol. The van der Waals surface area contributed by atoms with Crippen LogP contribution in [0.5, 0.6) is 0 Å². The maximum absolute atomic E-state index is 12.1. The fraction of sp³-hybridized carbons (Fsp3) is 0.125. The number of hydrogen-bond acceptors (Lipinski definition) is 5. The largest absolute Gasteiger partial charge is 0.376 e. The summed E-state index contributed by atoms with van der Waals surface area (Å²) in [7, 11) is 0. The number of carbonyl (C=O) groups is 1. The molecule has 1 aromatic heterocycles. The molecule has 2 N–H and O–H groups in total. The second kappa shape index (κ2) is 7.22. The van der Waals surface area contributed by atoms with E-state index in [2.05, 4.69) is 42.1 Å². The zero-order valence-electron chi connectivity index (χ0n) is 12.9. The van der Waals surface area contributed by atoms with E-state index in [9.17, 15) is 4.79 Å². The zero-order chi connectivity index (χ0) is 16.9. The predicted molar refractivity (Wildman–Crippen MR) is 95.2 cm³/mol. The molecule has 7 nitrogen and oxygen atoms in total. The second-order valence-corrected chi connectivity index (χ2v) is 6.04. The van der Waals surface area contributed by atoms with E-state index in [4.69, 9.17) is 0 Å². The summed E-state index contributed by atoms with van der Waals surface area (Å²) in [5.74, 6) is -0.121. The van der Waals surface area contributed by atoms with Gasteiger partial charge in [-0.15, -0.1) is 5.10 Å². The van der Waals surface area contributed by atoms with Gasteiger partial charge in [0.1, 0.15) is 6.33 Å². The van der Waals surface area contributed by atoms with Crippen molar-refractivity contribution in [1.82, 2.24) is 20.2 Å². The Hall–Kier alpha value is -2.74. The zero-order valence-corrected chi connectivity index (χ0v) is 14.5. The second-order valence-electron chi connectivity index (χ2n) is 5.19. The summed E-state index contributed by atoms with van der Waals surface area (Å²) in [6.45, 7) is 2.17. The molecule has 2 aromatic carbocycles. The van der Waals surface area contributed by atoms with Gasteiger partial charge in [0, 0.05) is 10.2 Å². The molecule has 0 saturated carbocycles. The van der Waals surface area contributed by atoms with Crippen LogP contribution in [0.4, 0.5) is 11.4 Å². The normalized spacial score (nSPS) is 10.4. The summed E-state index contributed by atoms with van der Waals surface area (Å²) in [4.78, 5) is 12.1. The van der Waals surface area contributed by atoms with Gasteiger partial charge in [0.25, 0.3) is 0 Å². The van der Waals surface area contributed by atoms with Crippen LogP contribution in [0.25, 0.3) is 5.69 Å². The number of amides is 1. The lowest BCUT2D eigenvalue weighted by molar-refractivity contribution is -0.114. The van der Waals surface area contributed by atoms with Gasteiger partial charge in [-0.25, -0.2) is 4.68 Å². The Labute approximate surface area is 147 Å². The minimum absolute atomic E-state index is 0.121. The first-order valence-electron chi connectivity index (χ1n) is 7.25. The quantitative estimate of drug-likeness (QED) is 0.703. The van der Waals surface area contributed by atoms with E-state index >= 15 is 0 Å². The van der Waals surface area contributed by atoms with Crippen molar-refractivity contribution in [2.45, 2.75) is 6.92 Å². The maximum atomic E-state index is 12.1. The minimum Gasteiger partial charge on any atom is -0.376 e. The van der Waals surface area contributed by atoms with Gasteiger partial charge < -0.3 is 10.6 Å². The molecule has 0 aliphatic carbocycles. The van der Waals surface area contributed by atoms with Crippen LogP contribution in [0.1, 0.15) is 5.56 Å². The monoisotopic (exact) mass is 386 g/mol. The highest BCUT2D eigenvalue weighted by molar-refractivity contribution is 9.10. The summed E-state index contributed by atoms with van der Waals surface area (Å²) in [5, 5.41) is 16.9. The standard InChI is InChI=1S/C16H15BrN6O/c1-11-2-7-15(14(17)8-11)20-16(24)9-18-12-3-5-13(6-4-12)23-10-19-21-22-23/h2-8,10,18H,9H2,1H3,(H,20,24). The first kappa shape index (κ1) is 16.1. The summed E-state index contributed by atoms with van der Waals surface area (Å²) in [5.41, 5.74) is 3.56. The SMILES string of the molecule is Cc1ccc(NC(=O)CNc2ccc(-n3cnnn3)cc2)c(Br)c1. The minimum atomic E-state index is -0.121. The highest BCUT2D eigenvalue weighted by Gasteiger charge is 2.06. The molecule has 0 aliphatic heterocycles. The molecule has 0 radical (unpaired) electrons. The van der Waals surface area contributed by atoms with E-state index in [-0.39, 0.29) is 12.5 Å². The topological polar surface area (TPSA) is 84.7 Å². The van der Waals surface area contributed by atoms with E-state index in [1.165, 1.54) is 6.33 Å². The van der Waals surface area contributed by atoms with Gasteiger partial charge in [-0.2, -0.15) is 0 Å². The molecule has 0 spiro atoms. The number of aryl methyl sites for hydroxylation is 1. The molecule has 8 heteroatoms. The van der Waals surface area contributed by atoms with E-state index in [0.717, 1.165) is 27.1 Å². The highest BCUT2D eigenvalue weighted by Crippen LogP contribution is 2.23. The molecule has 0 saturated heterocycles. The lowest BCUT2D eigenvalue weighted by Crippen LogP contribution is -2.21. The average Bonchev–Trinajstić information content (AvgIpc) is 3.11. The number of nitrogens with one attached hydrogen (secondary N) is 2. The molecule has 3 rings (SSSR count). The van der Waals surface area contributed by atoms with Crippen LogP contribution >= 0.6 is 15.9 Å². The molecular weight excluding hydrogens is 372 g/mol. The van der Waals surface area contributed by atoms with Gasteiger partial charge in [0.05, 0.1) is 17.9 Å². The molecule has 122 valence electrons. The van der Waals surface area contributed by atoms with Crippen molar-refractivity contribution in [3.8, 4) is 5.69 Å². The third-order valence-corrected chi connectivity index (χ3v) is 3.99. The first-order valence-corrected chi connectivity index (χ1v) is 8.04. The number of benzene rings is 2. The van der Waals surface area contributed by atoms with Crippen molar-refractivity contribution in [2.75, 3.05) is 17.2 Å². The molecule has 0 unspecified atom stereocenters. The molecule has 1 heterocycles. The Morgan fingerprint density at radius 1 is 1.21 bits per heavy atom. The Morgan fingerprint density at radius 2 is 2.00 bits per heavy atom. The van der Waals surface area contributed by atoms with Gasteiger partial charge in [0.2, 0.25) is 5.91 Å². The van der Waals surface area contributed by atoms with Crippen LogP contribution in [0.15, 0.2) is 53.3 Å². The molecule has 0 atom stereocenters. The number of anilines is 2. The van der Waals surface area contributed by atoms with Crippen LogP contribution in [-0.2, 0) is 4.79 Å². The molecular formula is C16H15BrN6O. The Kier molecular flexibility index (Phi) is 4.85. The van der Waals surface area contributed by atoms with Crippen LogP contribution < -0.4 is 10.6 Å². The van der Waals surface area contributed by atoms with E-state index in [1.54, 1.807) is 4.68 Å². The van der Waals surface area contributed by atoms with Crippen molar-refractivity contribution in [3.05, 3.63) is 58.8 Å². The predicted octanol–water partition coefficient (Wildman–Crippen LogP) is 2.78. The summed E-state index contributed by atoms with van der Waals surface area (Å²) >= 11 is 3.44. The van der Waals surface area contributed by atoms with Crippen LogP contribution in [0.2, 0.25) is 0 Å². The number of halogens is 1. The molecule has 0 fully saturated rings. The molecule has 24 heavy (non-hydrogen) atoms. The number of rotatable bonds is 5. The van der Waals surface area contributed by atoms with Gasteiger partial charge in [-0.05, 0) is 75.2 Å². The van der Waals surface area contributed by atoms with Crippen molar-refractivity contribution >= 4 is 33.2 Å². The van der Waals surface area contributed by atoms with Gasteiger partial charge in [-0.1, -0.05) is 6.07 Å². The smallest absolute Gasteiger partial charge is 0.243 e. The molecule has 0 aliphatic rings. The summed E-state index contributed by atoms with van der Waals surface area (Å²) in [6, 6.07) is 13.3. The Bertz CT molecular complexity index is 832. The fourth-order valence-electron chi connectivity index (χ4n) is 2.11. The van der Waals surface area contributed by atoms with E-state index < -0.39 is 0 Å². The Morgan fingerprint density at radius 3 is 2.67 bits per heavy atom. The molecule has 1 amide bonds. The fourth-order valence-corrected chi connectivity index (χ4v) is 2.70. The van der Waals surface area contributed by atoms with E-state index in [0.29, 0.717) is 0 Å². The lowest BCUT2D eigenvalue weighted by Gasteiger charge is -2.10. The van der Waals surface area contributed by atoms with Crippen molar-refractivity contribution < 1.29 is 4.79 Å². The summed E-state index contributed by atoms with van der Waals surface area (Å²) in [6.07, 6.45) is 1.52. The van der Waals surface area contributed by atoms with Crippen molar-refractivity contribution in [2.24, 2.45) is 0 Å². The van der Waals surface area contributed by atoms with Crippen LogP contribution in [-0.4, -0.2) is 32.7 Å². The first-order chi connectivity index (χ1) is 11.6. The number of hydrogen-bond donors (Lipinski definition) is 2. The number of nitrogens with zero attached hydrogens (tertiary/aromatic N) is 4. The molecule has 0 bridgehead atoms. The summed E-state index contributed by atoms with van der Waals surface area (Å²) < 4.78 is 2.42. The Balaban J connectivity index is 1.56. The van der Waals surface area contributed by atoms with Gasteiger partial charge in [0.15, 0.2) is 0 Å². The van der Waals surface area contributed by atoms with Crippen LogP contribution in [0, 0.1) is 6.92 Å². The molecule has 3 aromatic rings. The van der Waals surface area contributed by atoms with Gasteiger partial charge >= 0.3 is 0 Å². The lowest BCUT2D eigenvalue weighted by atomic mass is 10.2. The van der Waals surface area contributed by atoms with Crippen molar-refractivity contribution in [1.29, 1.82) is 0 Å². The van der Waals surface area contributed by atoms with Crippen molar-refractivity contribution in [3.63, 3.8) is 0 Å². The number of tetrazole rings is 1. The number of carbonyl (C=O) groups excluding carboxylic acids is 1. The maximum Gasteiger partial charge on any atom is 0.243 e. The third-order valence-electron chi connectivity index (χ3n) is 3.33.